The standard InChI is InChI=1S/C26H34N4O4/c1-26(2,17-27)18-29(25(32)21-8-4-3-5-9-21)16-19-7-6-10-22(15-19)28-24(31)20-11-13-23(14-12-20)30(33)34/h6-7,10-15,21H,3-5,8-9,16-18,27H2,1-2H3,(H,28,31). The van der Waals surface area contributed by atoms with Crippen molar-refractivity contribution in [1.29, 1.82) is 0 Å². The lowest BCUT2D eigenvalue weighted by Gasteiger charge is -2.35. The molecule has 2 aromatic rings. The molecule has 0 heterocycles. The summed E-state index contributed by atoms with van der Waals surface area (Å²) in [4.78, 5) is 38.2. The van der Waals surface area contributed by atoms with Crippen molar-refractivity contribution in [1.82, 2.24) is 4.90 Å². The number of carbonyl (C=O) groups excluding carboxylic acids is 2. The third-order valence-electron chi connectivity index (χ3n) is 6.34. The lowest BCUT2D eigenvalue weighted by Crippen LogP contribution is -2.44. The quantitative estimate of drug-likeness (QED) is 0.409. The number of carbonyl (C=O) groups is 2. The predicted molar refractivity (Wildman–Crippen MR) is 132 cm³/mol. The molecule has 0 spiro atoms. The molecule has 0 bridgehead atoms. The molecular formula is C26H34N4O4. The van der Waals surface area contributed by atoms with E-state index < -0.39 is 4.92 Å². The fourth-order valence-electron chi connectivity index (χ4n) is 4.31. The molecule has 1 saturated carbocycles. The van der Waals surface area contributed by atoms with Crippen molar-refractivity contribution in [3.63, 3.8) is 0 Å². The molecule has 182 valence electrons. The Morgan fingerprint density at radius 2 is 1.79 bits per heavy atom. The van der Waals surface area contributed by atoms with Crippen molar-refractivity contribution >= 4 is 23.2 Å². The van der Waals surface area contributed by atoms with Crippen LogP contribution in [0, 0.1) is 21.4 Å². The van der Waals surface area contributed by atoms with Crippen LogP contribution >= 0.6 is 0 Å². The zero-order valence-electron chi connectivity index (χ0n) is 20.0. The Bertz CT molecular complexity index is 1010. The molecule has 0 radical (unpaired) electrons. The number of non-ortho nitro benzene ring substituents is 1. The molecule has 1 fully saturated rings. The number of nitro groups is 1. The first kappa shape index (κ1) is 25.4. The topological polar surface area (TPSA) is 119 Å². The average molecular weight is 467 g/mol. The molecule has 8 heteroatoms. The summed E-state index contributed by atoms with van der Waals surface area (Å²) in [6, 6.07) is 12.9. The van der Waals surface area contributed by atoms with Crippen LogP contribution in [0.5, 0.6) is 0 Å². The molecule has 0 saturated heterocycles. The van der Waals surface area contributed by atoms with E-state index in [1.165, 1.54) is 30.7 Å². The van der Waals surface area contributed by atoms with E-state index in [1.54, 1.807) is 6.07 Å². The molecule has 0 aliphatic heterocycles. The largest absolute Gasteiger partial charge is 0.338 e. The highest BCUT2D eigenvalue weighted by atomic mass is 16.6. The number of amides is 2. The third-order valence-corrected chi connectivity index (χ3v) is 6.34. The van der Waals surface area contributed by atoms with Crippen molar-refractivity contribution in [2.45, 2.75) is 52.5 Å². The van der Waals surface area contributed by atoms with E-state index in [2.05, 4.69) is 19.2 Å². The van der Waals surface area contributed by atoms with E-state index in [0.717, 1.165) is 31.2 Å². The Morgan fingerprint density at radius 1 is 1.12 bits per heavy atom. The maximum atomic E-state index is 13.4. The Kier molecular flexibility index (Phi) is 8.39. The van der Waals surface area contributed by atoms with Crippen LogP contribution in [0.3, 0.4) is 0 Å². The molecule has 0 unspecified atom stereocenters. The molecule has 0 aromatic heterocycles. The summed E-state index contributed by atoms with van der Waals surface area (Å²) in [5.74, 6) is -0.111. The second kappa shape index (κ2) is 11.2. The van der Waals surface area contributed by atoms with E-state index in [1.807, 2.05) is 23.1 Å². The molecule has 8 nitrogen and oxygen atoms in total. The molecule has 0 atom stereocenters. The highest BCUT2D eigenvalue weighted by Gasteiger charge is 2.30. The second-order valence-electron chi connectivity index (χ2n) is 9.86. The van der Waals surface area contributed by atoms with Crippen LogP contribution in [-0.2, 0) is 11.3 Å². The van der Waals surface area contributed by atoms with Crippen molar-refractivity contribution < 1.29 is 14.5 Å². The fraction of sp³-hybridized carbons (Fsp3) is 0.462. The van der Waals surface area contributed by atoms with Crippen LogP contribution in [0.2, 0.25) is 0 Å². The van der Waals surface area contributed by atoms with E-state index in [9.17, 15) is 19.7 Å². The first-order chi connectivity index (χ1) is 16.2. The van der Waals surface area contributed by atoms with Gasteiger partial charge < -0.3 is 16.0 Å². The lowest BCUT2D eigenvalue weighted by molar-refractivity contribution is -0.384. The van der Waals surface area contributed by atoms with Crippen molar-refractivity contribution in [3.05, 3.63) is 69.8 Å². The van der Waals surface area contributed by atoms with Crippen LogP contribution in [0.4, 0.5) is 11.4 Å². The molecule has 2 amide bonds. The minimum atomic E-state index is -0.503. The summed E-state index contributed by atoms with van der Waals surface area (Å²) in [5.41, 5.74) is 7.54. The minimum absolute atomic E-state index is 0.0624. The van der Waals surface area contributed by atoms with Crippen LogP contribution in [-0.4, -0.2) is 34.7 Å². The molecule has 3 N–H and O–H groups in total. The summed E-state index contributed by atoms with van der Waals surface area (Å²) >= 11 is 0. The number of nitrogens with one attached hydrogen (secondary N) is 1. The summed E-state index contributed by atoms with van der Waals surface area (Å²) in [6.07, 6.45) is 5.24. The van der Waals surface area contributed by atoms with Crippen molar-refractivity contribution in [2.24, 2.45) is 17.1 Å². The van der Waals surface area contributed by atoms with E-state index >= 15 is 0 Å². The second-order valence-corrected chi connectivity index (χ2v) is 9.86. The average Bonchev–Trinajstić information content (AvgIpc) is 2.84. The van der Waals surface area contributed by atoms with Gasteiger partial charge in [-0.2, -0.15) is 0 Å². The highest BCUT2D eigenvalue weighted by molar-refractivity contribution is 6.04. The Balaban J connectivity index is 1.73. The van der Waals surface area contributed by atoms with Gasteiger partial charge >= 0.3 is 0 Å². The molecule has 34 heavy (non-hydrogen) atoms. The number of rotatable bonds is 9. The molecule has 1 aliphatic rings. The normalized spacial score (nSPS) is 14.4. The van der Waals surface area contributed by atoms with Crippen molar-refractivity contribution in [2.75, 3.05) is 18.4 Å². The van der Waals surface area contributed by atoms with Gasteiger partial charge in [-0.15, -0.1) is 0 Å². The highest BCUT2D eigenvalue weighted by Crippen LogP contribution is 2.28. The number of nitro benzene ring substituents is 1. The Labute approximate surface area is 200 Å². The number of hydrogen-bond donors (Lipinski definition) is 2. The summed E-state index contributed by atoms with van der Waals surface area (Å²) in [5, 5.41) is 13.7. The van der Waals surface area contributed by atoms with Crippen LogP contribution in [0.25, 0.3) is 0 Å². The van der Waals surface area contributed by atoms with Gasteiger partial charge in [0.25, 0.3) is 11.6 Å². The summed E-state index contributed by atoms with van der Waals surface area (Å²) in [7, 11) is 0. The number of nitrogens with two attached hydrogens (primary N) is 1. The maximum Gasteiger partial charge on any atom is 0.269 e. The van der Waals surface area contributed by atoms with Gasteiger partial charge in [-0.3, -0.25) is 19.7 Å². The third kappa shape index (κ3) is 6.87. The Morgan fingerprint density at radius 3 is 2.41 bits per heavy atom. The minimum Gasteiger partial charge on any atom is -0.338 e. The number of nitrogens with zero attached hydrogens (tertiary/aromatic N) is 2. The fourth-order valence-corrected chi connectivity index (χ4v) is 4.31. The molecule has 2 aromatic carbocycles. The van der Waals surface area contributed by atoms with E-state index in [4.69, 9.17) is 5.73 Å². The van der Waals surface area contributed by atoms with Crippen LogP contribution in [0.15, 0.2) is 48.5 Å². The summed E-state index contributed by atoms with van der Waals surface area (Å²) in [6.45, 7) is 5.62. The van der Waals surface area contributed by atoms with Gasteiger partial charge in [-0.25, -0.2) is 0 Å². The maximum absolute atomic E-state index is 13.4. The molecule has 3 rings (SSSR count). The first-order valence-electron chi connectivity index (χ1n) is 11.8. The molecular weight excluding hydrogens is 432 g/mol. The zero-order chi connectivity index (χ0) is 24.7. The number of benzene rings is 2. The predicted octanol–water partition coefficient (Wildman–Crippen LogP) is 4.74. The summed E-state index contributed by atoms with van der Waals surface area (Å²) < 4.78 is 0. The lowest BCUT2D eigenvalue weighted by atomic mass is 9.86. The van der Waals surface area contributed by atoms with Gasteiger partial charge in [-0.1, -0.05) is 45.2 Å². The van der Waals surface area contributed by atoms with Crippen LogP contribution in [0.1, 0.15) is 61.9 Å². The van der Waals surface area contributed by atoms with Crippen molar-refractivity contribution in [3.8, 4) is 0 Å². The number of anilines is 1. The van der Waals surface area contributed by atoms with Gasteiger partial charge in [0.15, 0.2) is 0 Å². The van der Waals surface area contributed by atoms with Gasteiger partial charge in [0, 0.05) is 42.4 Å². The van der Waals surface area contributed by atoms with E-state index in [-0.39, 0.29) is 28.8 Å². The van der Waals surface area contributed by atoms with Gasteiger partial charge in [-0.05, 0) is 54.6 Å². The van der Waals surface area contributed by atoms with Gasteiger partial charge in [0.1, 0.15) is 0 Å². The van der Waals surface area contributed by atoms with E-state index in [0.29, 0.717) is 30.9 Å². The SMILES string of the molecule is CC(C)(CN)CN(Cc1cccc(NC(=O)c2ccc([N+](=O)[O-])cc2)c1)C(=O)C1CCCCC1. The zero-order valence-corrected chi connectivity index (χ0v) is 20.0. The monoisotopic (exact) mass is 466 g/mol. The smallest absolute Gasteiger partial charge is 0.269 e. The first-order valence-corrected chi connectivity index (χ1v) is 11.8. The van der Waals surface area contributed by atoms with Crippen LogP contribution < -0.4 is 11.1 Å². The number of hydrogen-bond acceptors (Lipinski definition) is 5. The van der Waals surface area contributed by atoms with Gasteiger partial charge in [0.2, 0.25) is 5.91 Å². The Hall–Kier alpha value is -3.26. The molecule has 1 aliphatic carbocycles. The van der Waals surface area contributed by atoms with Gasteiger partial charge in [0.05, 0.1) is 4.92 Å².